The average Bonchev–Trinajstić information content (AvgIpc) is 1.63. The van der Waals surface area contributed by atoms with Crippen molar-refractivity contribution in [2.45, 2.75) is 0 Å². The third kappa shape index (κ3) is 8.92. The predicted octanol–water partition coefficient (Wildman–Crippen LogP) is -2.69. The third-order valence-electron chi connectivity index (χ3n) is 0.346. The van der Waals surface area contributed by atoms with Gasteiger partial charge < -0.3 is 14.0 Å². The molecule has 5 nitrogen and oxygen atoms in total. The minimum atomic E-state index is -3.40. The van der Waals surface area contributed by atoms with Crippen molar-refractivity contribution in [1.82, 2.24) is 0 Å². The van der Waals surface area contributed by atoms with Crippen LogP contribution in [0.4, 0.5) is 0 Å². The molecule has 0 bridgehead atoms. The second-order valence-corrected chi connectivity index (χ2v) is 2.94. The Kier molecular flexibility index (Phi) is 10.8. The van der Waals surface area contributed by atoms with Gasteiger partial charge in [0.25, 0.3) is 0 Å². The van der Waals surface area contributed by atoms with Gasteiger partial charge in [-0.25, -0.2) is 4.57 Å². The van der Waals surface area contributed by atoms with Crippen LogP contribution in [0.15, 0.2) is 12.8 Å². The van der Waals surface area contributed by atoms with Crippen molar-refractivity contribution >= 4 is 16.5 Å². The molecule has 0 saturated heterocycles. The van der Waals surface area contributed by atoms with Crippen molar-refractivity contribution in [3.63, 3.8) is 0 Å². The summed E-state index contributed by atoms with van der Waals surface area (Å²) in [4.78, 5) is 9.65. The maximum Gasteiger partial charge on any atom is 1.00 e. The topological polar surface area (TPSA) is 75.7 Å². The second kappa shape index (κ2) is 8.02. The van der Waals surface area contributed by atoms with Gasteiger partial charge in [0.15, 0.2) is 0 Å². The Bertz CT molecular complexity index is 147. The summed E-state index contributed by atoms with van der Waals surface area (Å²) in [5.41, 5.74) is 0. The van der Waals surface area contributed by atoms with Crippen LogP contribution in [0.1, 0.15) is 0 Å². The standard InChI is InChI=1S/C2H6O5P2.Na/c1-2-6-9(5)7-8(3)4;/h2,8-9H,1H2,(H,3,4);/q;+1/p-1. The van der Waals surface area contributed by atoms with Crippen molar-refractivity contribution in [2.75, 3.05) is 0 Å². The molecule has 0 aliphatic carbocycles. The van der Waals surface area contributed by atoms with Crippen LogP contribution < -0.4 is 34.5 Å². The zero-order valence-electron chi connectivity index (χ0n) is 5.33. The van der Waals surface area contributed by atoms with Crippen LogP contribution in [-0.4, -0.2) is 0 Å². The average molecular weight is 194 g/mol. The van der Waals surface area contributed by atoms with Crippen molar-refractivity contribution in [3.8, 4) is 0 Å². The van der Waals surface area contributed by atoms with E-state index in [1.54, 1.807) is 0 Å². The zero-order valence-corrected chi connectivity index (χ0v) is 9.33. The van der Waals surface area contributed by atoms with E-state index in [-0.39, 0.29) is 29.6 Å². The van der Waals surface area contributed by atoms with Crippen LogP contribution in [0, 0.1) is 0 Å². The molecule has 0 aromatic carbocycles. The Morgan fingerprint density at radius 3 is 2.30 bits per heavy atom. The molecule has 0 aromatic rings. The van der Waals surface area contributed by atoms with Crippen molar-refractivity contribution in [1.29, 1.82) is 0 Å². The van der Waals surface area contributed by atoms with Crippen LogP contribution in [0.3, 0.4) is 0 Å². The van der Waals surface area contributed by atoms with Crippen LogP contribution >= 0.6 is 16.5 Å². The van der Waals surface area contributed by atoms with Gasteiger partial charge in [-0.05, 0) is 0 Å². The Balaban J connectivity index is 0. The molecule has 0 fully saturated rings. The molecule has 0 rings (SSSR count). The number of rotatable bonds is 4. The Labute approximate surface area is 81.6 Å². The Hall–Kier alpha value is 0.920. The second-order valence-electron chi connectivity index (χ2n) is 0.887. The van der Waals surface area contributed by atoms with Gasteiger partial charge in [0, 0.05) is 0 Å². The molecule has 2 atom stereocenters. The molecule has 0 saturated carbocycles. The molecule has 2 unspecified atom stereocenters. The van der Waals surface area contributed by atoms with Gasteiger partial charge in [-0.15, -0.1) is 0 Å². The monoisotopic (exact) mass is 194 g/mol. The molecule has 0 heterocycles. The molecule has 54 valence electrons. The van der Waals surface area contributed by atoms with Crippen LogP contribution in [0.25, 0.3) is 0 Å². The van der Waals surface area contributed by atoms with E-state index >= 15 is 0 Å². The van der Waals surface area contributed by atoms with Crippen LogP contribution in [0.2, 0.25) is 0 Å². The van der Waals surface area contributed by atoms with Gasteiger partial charge >= 0.3 is 37.8 Å². The molecule has 10 heavy (non-hydrogen) atoms. The first kappa shape index (κ1) is 13.5. The quantitative estimate of drug-likeness (QED) is 0.276. The predicted molar refractivity (Wildman–Crippen MR) is 30.4 cm³/mol. The van der Waals surface area contributed by atoms with Crippen molar-refractivity contribution in [2.24, 2.45) is 0 Å². The zero-order chi connectivity index (χ0) is 7.28. The molecule has 0 amide bonds. The molecule has 8 heteroatoms. The van der Waals surface area contributed by atoms with Crippen LogP contribution in [-0.2, 0) is 18.0 Å². The van der Waals surface area contributed by atoms with E-state index < -0.39 is 16.5 Å². The summed E-state index contributed by atoms with van der Waals surface area (Å²) in [5.74, 6) is 0. The van der Waals surface area contributed by atoms with Gasteiger partial charge in [0.2, 0.25) is 0 Å². The van der Waals surface area contributed by atoms with Gasteiger partial charge in [0.1, 0.15) is 8.25 Å². The van der Waals surface area contributed by atoms with Crippen molar-refractivity contribution < 1.29 is 52.4 Å². The minimum Gasteiger partial charge on any atom is -0.780 e. The number of hydrogen-bond acceptors (Lipinski definition) is 5. The summed E-state index contributed by atoms with van der Waals surface area (Å²) < 4.78 is 27.6. The summed E-state index contributed by atoms with van der Waals surface area (Å²) in [6.07, 6.45) is 0.853. The molecule has 0 aliphatic heterocycles. The van der Waals surface area contributed by atoms with E-state index in [9.17, 15) is 14.0 Å². The first-order valence-electron chi connectivity index (χ1n) is 1.87. The fourth-order valence-corrected chi connectivity index (χ4v) is 1.03. The third-order valence-corrected chi connectivity index (χ3v) is 2.04. The smallest absolute Gasteiger partial charge is 0.780 e. The van der Waals surface area contributed by atoms with E-state index in [2.05, 4.69) is 15.4 Å². The summed E-state index contributed by atoms with van der Waals surface area (Å²) in [6, 6.07) is 0. The fourth-order valence-electron chi connectivity index (χ4n) is 0.160. The van der Waals surface area contributed by atoms with Gasteiger partial charge in [-0.2, -0.15) is 0 Å². The summed E-state index contributed by atoms with van der Waals surface area (Å²) in [6.45, 7) is 3.04. The van der Waals surface area contributed by atoms with Gasteiger partial charge in [-0.1, -0.05) is 6.58 Å². The molecule has 0 aromatic heterocycles. The Morgan fingerprint density at radius 2 is 2.00 bits per heavy atom. The first-order valence-corrected chi connectivity index (χ1v) is 4.32. The molecule has 0 aliphatic rings. The van der Waals surface area contributed by atoms with E-state index in [0.717, 1.165) is 6.26 Å². The minimum absolute atomic E-state index is 0. The van der Waals surface area contributed by atoms with Gasteiger partial charge in [-0.3, -0.25) is 4.31 Å². The fraction of sp³-hybridized carbons (Fsp3) is 0. The SMILES string of the molecule is C=CO[PH](=O)O[PH](=O)[O-].[Na+]. The summed E-state index contributed by atoms with van der Waals surface area (Å²) in [5, 5.41) is 0. The molecule has 0 spiro atoms. The molecule has 0 radical (unpaired) electrons. The van der Waals surface area contributed by atoms with Crippen molar-refractivity contribution in [3.05, 3.63) is 12.8 Å². The van der Waals surface area contributed by atoms with Gasteiger partial charge in [0.05, 0.1) is 6.26 Å². The number of hydrogen-bond donors (Lipinski definition) is 0. The Morgan fingerprint density at radius 1 is 1.50 bits per heavy atom. The first-order chi connectivity index (χ1) is 4.16. The van der Waals surface area contributed by atoms with E-state index in [0.29, 0.717) is 0 Å². The van der Waals surface area contributed by atoms with E-state index in [1.807, 2.05) is 0 Å². The van der Waals surface area contributed by atoms with Crippen LogP contribution in [0.5, 0.6) is 0 Å². The maximum absolute atomic E-state index is 10.1. The van der Waals surface area contributed by atoms with E-state index in [1.165, 1.54) is 0 Å². The normalized spacial score (nSPS) is 14.5. The maximum atomic E-state index is 10.1. The molecule has 0 N–H and O–H groups in total. The molecular formula is C2H5NaO5P2. The summed E-state index contributed by atoms with van der Waals surface area (Å²) >= 11 is 0. The van der Waals surface area contributed by atoms with E-state index in [4.69, 9.17) is 0 Å². The summed E-state index contributed by atoms with van der Waals surface area (Å²) in [7, 11) is -6.28. The largest absolute Gasteiger partial charge is 1.00 e. The molecular weight excluding hydrogens is 189 g/mol.